The van der Waals surface area contributed by atoms with Gasteiger partial charge in [0.2, 0.25) is 0 Å². The lowest BCUT2D eigenvalue weighted by Gasteiger charge is -2.27. The highest BCUT2D eigenvalue weighted by atomic mass is 15.2. The van der Waals surface area contributed by atoms with Crippen molar-refractivity contribution in [2.45, 2.75) is 39.2 Å². The van der Waals surface area contributed by atoms with Gasteiger partial charge in [-0.15, -0.1) is 0 Å². The van der Waals surface area contributed by atoms with Crippen molar-refractivity contribution in [1.29, 1.82) is 0 Å². The van der Waals surface area contributed by atoms with Crippen molar-refractivity contribution in [2.75, 3.05) is 17.2 Å². The number of hydrogen-bond donors (Lipinski definition) is 1. The average molecular weight is 204 g/mol. The molecule has 1 unspecified atom stereocenters. The standard InChI is InChI=1S/C13H20N2/c1-3-11-5-4-8-15(11)13-9-10(2)6-7-12(13)14/h6-7,9,11H,3-5,8,14H2,1-2H3. The van der Waals surface area contributed by atoms with Crippen LogP contribution in [0.5, 0.6) is 0 Å². The zero-order valence-electron chi connectivity index (χ0n) is 9.66. The molecule has 0 aliphatic carbocycles. The molecule has 1 aromatic rings. The predicted octanol–water partition coefficient (Wildman–Crippen LogP) is 2.96. The van der Waals surface area contributed by atoms with E-state index in [0.717, 1.165) is 12.2 Å². The smallest absolute Gasteiger partial charge is 0.0605 e. The highest BCUT2D eigenvalue weighted by Gasteiger charge is 2.24. The fourth-order valence-corrected chi connectivity index (χ4v) is 2.48. The lowest BCUT2D eigenvalue weighted by Crippen LogP contribution is -2.29. The average Bonchev–Trinajstić information content (AvgIpc) is 2.69. The molecule has 0 bridgehead atoms. The van der Waals surface area contributed by atoms with Gasteiger partial charge in [0.05, 0.1) is 11.4 Å². The summed E-state index contributed by atoms with van der Waals surface area (Å²) < 4.78 is 0. The van der Waals surface area contributed by atoms with Crippen LogP contribution in [-0.4, -0.2) is 12.6 Å². The van der Waals surface area contributed by atoms with Crippen molar-refractivity contribution in [2.24, 2.45) is 0 Å². The molecule has 2 rings (SSSR count). The van der Waals surface area contributed by atoms with E-state index in [-0.39, 0.29) is 0 Å². The summed E-state index contributed by atoms with van der Waals surface area (Å²) in [7, 11) is 0. The van der Waals surface area contributed by atoms with E-state index in [1.165, 1.54) is 30.5 Å². The Kier molecular flexibility index (Phi) is 2.85. The minimum Gasteiger partial charge on any atom is -0.397 e. The fraction of sp³-hybridized carbons (Fsp3) is 0.538. The lowest BCUT2D eigenvalue weighted by atomic mass is 10.1. The molecular formula is C13H20N2. The molecule has 0 saturated carbocycles. The summed E-state index contributed by atoms with van der Waals surface area (Å²) in [5, 5.41) is 0. The fourth-order valence-electron chi connectivity index (χ4n) is 2.48. The lowest BCUT2D eigenvalue weighted by molar-refractivity contribution is 0.646. The predicted molar refractivity (Wildman–Crippen MR) is 66.3 cm³/mol. The van der Waals surface area contributed by atoms with Crippen molar-refractivity contribution >= 4 is 11.4 Å². The highest BCUT2D eigenvalue weighted by Crippen LogP contribution is 2.32. The van der Waals surface area contributed by atoms with E-state index in [0.29, 0.717) is 6.04 Å². The molecule has 2 heteroatoms. The summed E-state index contributed by atoms with van der Waals surface area (Å²) in [5.41, 5.74) is 9.49. The Labute approximate surface area is 92.1 Å². The maximum atomic E-state index is 6.04. The molecular weight excluding hydrogens is 184 g/mol. The van der Waals surface area contributed by atoms with Crippen LogP contribution in [0.4, 0.5) is 11.4 Å². The van der Waals surface area contributed by atoms with Gasteiger partial charge < -0.3 is 10.6 Å². The van der Waals surface area contributed by atoms with Gasteiger partial charge in [0, 0.05) is 12.6 Å². The second-order valence-electron chi connectivity index (χ2n) is 4.46. The van der Waals surface area contributed by atoms with Crippen LogP contribution in [0.2, 0.25) is 0 Å². The first kappa shape index (κ1) is 10.3. The Hall–Kier alpha value is -1.18. The van der Waals surface area contributed by atoms with Crippen LogP contribution in [0.25, 0.3) is 0 Å². The first-order valence-electron chi connectivity index (χ1n) is 5.85. The second-order valence-corrected chi connectivity index (χ2v) is 4.46. The molecule has 1 saturated heterocycles. The monoisotopic (exact) mass is 204 g/mol. The zero-order chi connectivity index (χ0) is 10.8. The molecule has 1 aromatic carbocycles. The molecule has 0 amide bonds. The van der Waals surface area contributed by atoms with Crippen LogP contribution in [0.1, 0.15) is 31.7 Å². The van der Waals surface area contributed by atoms with E-state index in [1.807, 2.05) is 6.07 Å². The van der Waals surface area contributed by atoms with Gasteiger partial charge in [-0.05, 0) is 43.9 Å². The third kappa shape index (κ3) is 1.94. The molecule has 0 aromatic heterocycles. The highest BCUT2D eigenvalue weighted by molar-refractivity contribution is 5.69. The van der Waals surface area contributed by atoms with Crippen LogP contribution in [-0.2, 0) is 0 Å². The third-order valence-corrected chi connectivity index (χ3v) is 3.34. The van der Waals surface area contributed by atoms with Crippen LogP contribution < -0.4 is 10.6 Å². The summed E-state index contributed by atoms with van der Waals surface area (Å²) in [5.74, 6) is 0. The Bertz CT molecular complexity index is 346. The SMILES string of the molecule is CCC1CCCN1c1cc(C)ccc1N. The molecule has 0 radical (unpaired) electrons. The number of nitrogen functional groups attached to an aromatic ring is 1. The number of anilines is 2. The van der Waals surface area contributed by atoms with Crippen LogP contribution in [0.15, 0.2) is 18.2 Å². The number of rotatable bonds is 2. The normalized spacial score (nSPS) is 20.9. The minimum absolute atomic E-state index is 0.689. The number of nitrogens with two attached hydrogens (primary N) is 1. The van der Waals surface area contributed by atoms with Crippen LogP contribution >= 0.6 is 0 Å². The Morgan fingerprint density at radius 3 is 3.00 bits per heavy atom. The molecule has 2 N–H and O–H groups in total. The number of hydrogen-bond acceptors (Lipinski definition) is 2. The van der Waals surface area contributed by atoms with Gasteiger partial charge in [-0.2, -0.15) is 0 Å². The summed E-state index contributed by atoms with van der Waals surface area (Å²) in [6, 6.07) is 7.00. The second kappa shape index (κ2) is 4.13. The number of aryl methyl sites for hydroxylation is 1. The molecule has 1 fully saturated rings. The summed E-state index contributed by atoms with van der Waals surface area (Å²) in [4.78, 5) is 2.47. The van der Waals surface area contributed by atoms with Gasteiger partial charge in [-0.25, -0.2) is 0 Å². The molecule has 1 heterocycles. The van der Waals surface area contributed by atoms with Crippen molar-refractivity contribution in [3.63, 3.8) is 0 Å². The van der Waals surface area contributed by atoms with Crippen molar-refractivity contribution < 1.29 is 0 Å². The maximum Gasteiger partial charge on any atom is 0.0605 e. The Morgan fingerprint density at radius 1 is 1.47 bits per heavy atom. The molecule has 82 valence electrons. The van der Waals surface area contributed by atoms with E-state index >= 15 is 0 Å². The van der Waals surface area contributed by atoms with Gasteiger partial charge in [0.25, 0.3) is 0 Å². The topological polar surface area (TPSA) is 29.3 Å². The third-order valence-electron chi connectivity index (χ3n) is 3.34. The van der Waals surface area contributed by atoms with Crippen molar-refractivity contribution in [3.05, 3.63) is 23.8 Å². The number of nitrogens with zero attached hydrogens (tertiary/aromatic N) is 1. The first-order valence-corrected chi connectivity index (χ1v) is 5.85. The van der Waals surface area contributed by atoms with Gasteiger partial charge in [0.1, 0.15) is 0 Å². The molecule has 1 aliphatic rings. The summed E-state index contributed by atoms with van der Waals surface area (Å²) in [6.07, 6.45) is 3.82. The quantitative estimate of drug-likeness (QED) is 0.750. The van der Waals surface area contributed by atoms with Crippen molar-refractivity contribution in [1.82, 2.24) is 0 Å². The Morgan fingerprint density at radius 2 is 2.27 bits per heavy atom. The van der Waals surface area contributed by atoms with Gasteiger partial charge >= 0.3 is 0 Å². The molecule has 1 atom stereocenters. The molecule has 0 spiro atoms. The maximum absolute atomic E-state index is 6.04. The summed E-state index contributed by atoms with van der Waals surface area (Å²) >= 11 is 0. The van der Waals surface area contributed by atoms with E-state index in [2.05, 4.69) is 30.9 Å². The van der Waals surface area contributed by atoms with Crippen LogP contribution in [0, 0.1) is 6.92 Å². The minimum atomic E-state index is 0.689. The number of benzene rings is 1. The van der Waals surface area contributed by atoms with Crippen LogP contribution in [0.3, 0.4) is 0 Å². The van der Waals surface area contributed by atoms with E-state index in [9.17, 15) is 0 Å². The van der Waals surface area contributed by atoms with Gasteiger partial charge in [0.15, 0.2) is 0 Å². The first-order chi connectivity index (χ1) is 7.22. The van der Waals surface area contributed by atoms with Crippen molar-refractivity contribution in [3.8, 4) is 0 Å². The van der Waals surface area contributed by atoms with Gasteiger partial charge in [-0.1, -0.05) is 13.0 Å². The Balaban J connectivity index is 2.31. The van der Waals surface area contributed by atoms with E-state index < -0.39 is 0 Å². The summed E-state index contributed by atoms with van der Waals surface area (Å²) in [6.45, 7) is 5.54. The van der Waals surface area contributed by atoms with Gasteiger partial charge in [-0.3, -0.25) is 0 Å². The molecule has 1 aliphatic heterocycles. The van der Waals surface area contributed by atoms with E-state index in [4.69, 9.17) is 5.73 Å². The van der Waals surface area contributed by atoms with E-state index in [1.54, 1.807) is 0 Å². The largest absolute Gasteiger partial charge is 0.397 e. The zero-order valence-corrected chi connectivity index (χ0v) is 9.66. The molecule has 2 nitrogen and oxygen atoms in total. The molecule has 15 heavy (non-hydrogen) atoms.